The molecular weight excluding hydrogens is 590 g/mol. The van der Waals surface area contributed by atoms with Crippen molar-refractivity contribution in [3.8, 4) is 6.07 Å². The van der Waals surface area contributed by atoms with Gasteiger partial charge in [-0.3, -0.25) is 14.4 Å². The molecule has 13 nitrogen and oxygen atoms in total. The number of nitriles is 1. The van der Waals surface area contributed by atoms with Crippen LogP contribution in [0.5, 0.6) is 0 Å². The normalized spacial score (nSPS) is 14.9. The van der Waals surface area contributed by atoms with E-state index in [0.29, 0.717) is 25.0 Å². The highest BCUT2D eigenvalue weighted by Gasteiger charge is 2.59. The number of nitrogens with zero attached hydrogens (tertiary/aromatic N) is 1. The highest BCUT2D eigenvalue weighted by atomic mass is 16.7. The zero-order chi connectivity index (χ0) is 33.8. The second-order valence-electron chi connectivity index (χ2n) is 10.5. The Morgan fingerprint density at radius 3 is 1.91 bits per heavy atom. The molecule has 0 rings (SSSR count). The van der Waals surface area contributed by atoms with E-state index < -0.39 is 42.1 Å². The first-order chi connectivity index (χ1) is 21.8. The molecule has 0 bridgehead atoms. The van der Waals surface area contributed by atoms with Crippen LogP contribution in [0, 0.1) is 16.7 Å². The molecule has 0 aromatic heterocycles. The number of hydrogen-bond donors (Lipinski definition) is 0. The average Bonchev–Trinajstić information content (AvgIpc) is 3.05. The van der Waals surface area contributed by atoms with E-state index in [2.05, 4.69) is 6.92 Å². The number of unbranched alkanes of at least 4 members (excludes halogenated alkanes) is 7. The van der Waals surface area contributed by atoms with Gasteiger partial charge in [0.1, 0.15) is 57.3 Å². The molecule has 0 aliphatic heterocycles. The number of carbonyl (C=O) groups excluding carboxylic acids is 3. The average molecular weight is 646 g/mol. The maximum Gasteiger partial charge on any atom is 0.325 e. The first-order valence-corrected chi connectivity index (χ1v) is 15.4. The van der Waals surface area contributed by atoms with Gasteiger partial charge in [-0.15, -0.1) is 0 Å². The number of rotatable bonds is 31. The molecule has 0 radical (unpaired) electrons. The fourth-order valence-corrected chi connectivity index (χ4v) is 4.72. The molecule has 0 aromatic carbocycles. The summed E-state index contributed by atoms with van der Waals surface area (Å²) < 4.78 is 48.5. The van der Waals surface area contributed by atoms with Gasteiger partial charge in [0, 0.05) is 41.3 Å². The Labute approximate surface area is 268 Å². The lowest BCUT2D eigenvalue weighted by Crippen LogP contribution is -2.61. The summed E-state index contributed by atoms with van der Waals surface area (Å²) >= 11 is 0. The SMILES string of the molecule is CCCCCCC(=O)CCCCCC/C=C/[C@H](OCOC)[C@@H](OCOC)[C@H](OCOC)[C@](COCOC)(C(=O)C#N)C(=O)OC. The summed E-state index contributed by atoms with van der Waals surface area (Å²) in [5.74, 6) is -1.92. The number of ketones is 2. The molecule has 260 valence electrons. The van der Waals surface area contributed by atoms with E-state index in [-0.39, 0.29) is 27.2 Å². The van der Waals surface area contributed by atoms with Crippen LogP contribution in [-0.2, 0) is 57.0 Å². The van der Waals surface area contributed by atoms with E-state index in [4.69, 9.17) is 42.6 Å². The Morgan fingerprint density at radius 2 is 1.33 bits per heavy atom. The number of ether oxygens (including phenoxy) is 9. The molecule has 0 aromatic rings. The van der Waals surface area contributed by atoms with Crippen LogP contribution in [0.1, 0.15) is 77.6 Å². The van der Waals surface area contributed by atoms with E-state index in [1.165, 1.54) is 40.9 Å². The predicted molar refractivity (Wildman–Crippen MR) is 164 cm³/mol. The van der Waals surface area contributed by atoms with Crippen LogP contribution in [0.2, 0.25) is 0 Å². The Hall–Kier alpha value is -2.28. The molecule has 45 heavy (non-hydrogen) atoms. The van der Waals surface area contributed by atoms with E-state index >= 15 is 0 Å². The minimum atomic E-state index is -2.31. The number of carbonyl (C=O) groups is 3. The smallest absolute Gasteiger partial charge is 0.325 e. The van der Waals surface area contributed by atoms with Gasteiger partial charge >= 0.3 is 5.97 Å². The summed E-state index contributed by atoms with van der Waals surface area (Å²) in [6.07, 6.45) is 9.98. The second-order valence-corrected chi connectivity index (χ2v) is 10.5. The van der Waals surface area contributed by atoms with Crippen molar-refractivity contribution in [1.82, 2.24) is 0 Å². The number of Topliss-reactive ketones (excluding diaryl/α,β-unsaturated/α-hetero) is 2. The van der Waals surface area contributed by atoms with Crippen molar-refractivity contribution in [2.24, 2.45) is 5.41 Å². The quantitative estimate of drug-likeness (QED) is 0.0263. The Kier molecular flexibility index (Phi) is 26.6. The van der Waals surface area contributed by atoms with Gasteiger partial charge in [0.25, 0.3) is 5.78 Å². The molecule has 0 aliphatic rings. The van der Waals surface area contributed by atoms with Gasteiger partial charge in [0.15, 0.2) is 5.41 Å². The first kappa shape index (κ1) is 42.7. The highest BCUT2D eigenvalue weighted by Crippen LogP contribution is 2.34. The van der Waals surface area contributed by atoms with Crippen molar-refractivity contribution in [3.63, 3.8) is 0 Å². The molecule has 0 amide bonds. The van der Waals surface area contributed by atoms with Gasteiger partial charge in [-0.1, -0.05) is 51.2 Å². The lowest BCUT2D eigenvalue weighted by atomic mass is 9.75. The van der Waals surface area contributed by atoms with Crippen molar-refractivity contribution >= 4 is 17.5 Å². The van der Waals surface area contributed by atoms with Crippen LogP contribution in [-0.4, -0.2) is 105 Å². The van der Waals surface area contributed by atoms with Crippen LogP contribution < -0.4 is 0 Å². The van der Waals surface area contributed by atoms with E-state index in [0.717, 1.165) is 52.1 Å². The third-order valence-electron chi connectivity index (χ3n) is 7.03. The number of allylic oxidation sites excluding steroid dienone is 1. The maximum atomic E-state index is 13.3. The van der Waals surface area contributed by atoms with Crippen molar-refractivity contribution < 1.29 is 57.0 Å². The highest BCUT2D eigenvalue weighted by molar-refractivity contribution is 6.12. The van der Waals surface area contributed by atoms with E-state index in [1.807, 2.05) is 6.08 Å². The zero-order valence-corrected chi connectivity index (χ0v) is 28.0. The van der Waals surface area contributed by atoms with Gasteiger partial charge in [0.05, 0.1) is 13.7 Å². The third kappa shape index (κ3) is 16.7. The first-order valence-electron chi connectivity index (χ1n) is 15.4. The second kappa shape index (κ2) is 28.0. The summed E-state index contributed by atoms with van der Waals surface area (Å²) in [5, 5.41) is 9.70. The number of methoxy groups -OCH3 is 5. The van der Waals surface area contributed by atoms with E-state index in [1.54, 1.807) is 6.08 Å². The predicted octanol–water partition coefficient (Wildman–Crippen LogP) is 4.26. The summed E-state index contributed by atoms with van der Waals surface area (Å²) in [6.45, 7) is 0.440. The standard InChI is InChI=1S/C32H55NO12/c1-7-8-9-14-17-26(34)18-15-12-10-11-13-16-19-27(43-23-38-3)29(44-24-39-4)30(45-25-40-5)32(28(35)20-33,31(36)41-6)21-42-22-37-2/h16,19,27,29-30H,7-15,17-18,21-25H2,1-6H3/b19-16+/t27-,29+,30-,32-/m0/s1. The van der Waals surface area contributed by atoms with E-state index in [9.17, 15) is 19.6 Å². The number of esters is 1. The Balaban J connectivity index is 5.94. The fourth-order valence-electron chi connectivity index (χ4n) is 4.72. The fraction of sp³-hybridized carbons (Fsp3) is 0.812. The number of hydrogen-bond acceptors (Lipinski definition) is 13. The minimum absolute atomic E-state index is 0.164. The maximum absolute atomic E-state index is 13.3. The van der Waals surface area contributed by atoms with Crippen molar-refractivity contribution in [3.05, 3.63) is 12.2 Å². The molecule has 0 saturated carbocycles. The molecule has 13 heteroatoms. The van der Waals surface area contributed by atoms with Crippen LogP contribution in [0.15, 0.2) is 12.2 Å². The lowest BCUT2D eigenvalue weighted by molar-refractivity contribution is -0.234. The molecule has 4 atom stereocenters. The third-order valence-corrected chi connectivity index (χ3v) is 7.03. The van der Waals surface area contributed by atoms with Gasteiger partial charge < -0.3 is 42.6 Å². The largest absolute Gasteiger partial charge is 0.468 e. The van der Waals surface area contributed by atoms with Crippen LogP contribution in [0.3, 0.4) is 0 Å². The molecule has 0 saturated heterocycles. The molecular formula is C32H55NO12. The van der Waals surface area contributed by atoms with Crippen LogP contribution in [0.4, 0.5) is 0 Å². The lowest BCUT2D eigenvalue weighted by Gasteiger charge is -2.40. The topological polar surface area (TPSA) is 158 Å². The Bertz CT molecular complexity index is 862. The van der Waals surface area contributed by atoms with Crippen molar-refractivity contribution in [1.29, 1.82) is 5.26 Å². The van der Waals surface area contributed by atoms with Gasteiger partial charge in [-0.2, -0.15) is 5.26 Å². The molecule has 0 aliphatic carbocycles. The zero-order valence-electron chi connectivity index (χ0n) is 28.0. The summed E-state index contributed by atoms with van der Waals surface area (Å²) in [7, 11) is 6.65. The molecule has 0 N–H and O–H groups in total. The van der Waals surface area contributed by atoms with Crippen molar-refractivity contribution in [2.75, 3.05) is 69.3 Å². The monoisotopic (exact) mass is 645 g/mol. The summed E-state index contributed by atoms with van der Waals surface area (Å²) in [4.78, 5) is 38.7. The van der Waals surface area contributed by atoms with Gasteiger partial charge in [-0.25, -0.2) is 0 Å². The van der Waals surface area contributed by atoms with Crippen molar-refractivity contribution in [2.45, 2.75) is 95.9 Å². The molecule has 0 heterocycles. The minimum Gasteiger partial charge on any atom is -0.468 e. The summed E-state index contributed by atoms with van der Waals surface area (Å²) in [5.41, 5.74) is -2.31. The Morgan fingerprint density at radius 1 is 0.756 bits per heavy atom. The molecule has 0 fully saturated rings. The molecule has 0 unspecified atom stereocenters. The van der Waals surface area contributed by atoms with Gasteiger partial charge in [0.2, 0.25) is 0 Å². The van der Waals surface area contributed by atoms with Crippen LogP contribution >= 0.6 is 0 Å². The van der Waals surface area contributed by atoms with Crippen LogP contribution in [0.25, 0.3) is 0 Å². The van der Waals surface area contributed by atoms with Gasteiger partial charge in [-0.05, 0) is 25.7 Å². The summed E-state index contributed by atoms with van der Waals surface area (Å²) in [6, 6.07) is 1.52. The molecule has 0 spiro atoms.